The van der Waals surface area contributed by atoms with E-state index >= 15 is 0 Å². The van der Waals surface area contributed by atoms with Crippen LogP contribution in [0.4, 0.5) is 0 Å². The van der Waals surface area contributed by atoms with Crippen LogP contribution in [-0.4, -0.2) is 21.0 Å². The molecular formula is C10H18N4. The molecule has 0 saturated heterocycles. The molecule has 0 aromatic carbocycles. The summed E-state index contributed by atoms with van der Waals surface area (Å²) in [6.07, 6.45) is 4.44. The summed E-state index contributed by atoms with van der Waals surface area (Å²) in [7, 11) is 1.93. The second-order valence-electron chi connectivity index (χ2n) is 4.81. The van der Waals surface area contributed by atoms with Crippen LogP contribution in [0.1, 0.15) is 32.4 Å². The van der Waals surface area contributed by atoms with Gasteiger partial charge in [-0.3, -0.25) is 4.68 Å². The van der Waals surface area contributed by atoms with Crippen molar-refractivity contribution in [2.24, 2.45) is 12.5 Å². The second-order valence-corrected chi connectivity index (χ2v) is 4.81. The van der Waals surface area contributed by atoms with Gasteiger partial charge in [0, 0.05) is 19.6 Å². The van der Waals surface area contributed by atoms with Crippen molar-refractivity contribution in [3.63, 3.8) is 0 Å². The normalized spacial score (nSPS) is 24.6. The molecule has 1 unspecified atom stereocenters. The summed E-state index contributed by atoms with van der Waals surface area (Å²) in [6, 6.07) is 0.650. The van der Waals surface area contributed by atoms with Crippen molar-refractivity contribution in [2.75, 3.05) is 0 Å². The van der Waals surface area contributed by atoms with Gasteiger partial charge in [0.1, 0.15) is 0 Å². The zero-order chi connectivity index (χ0) is 10.2. The molecule has 0 bridgehead atoms. The maximum atomic E-state index is 3.90. The van der Waals surface area contributed by atoms with Crippen LogP contribution in [0.15, 0.2) is 6.20 Å². The van der Waals surface area contributed by atoms with E-state index in [2.05, 4.69) is 29.5 Å². The molecule has 1 atom stereocenters. The first-order valence-corrected chi connectivity index (χ1v) is 5.16. The molecule has 78 valence electrons. The molecule has 0 spiro atoms. The first-order valence-electron chi connectivity index (χ1n) is 5.16. The highest BCUT2D eigenvalue weighted by Crippen LogP contribution is 2.39. The summed E-state index contributed by atoms with van der Waals surface area (Å²) in [4.78, 5) is 0. The Hall–Kier alpha value is -0.900. The predicted octanol–water partition coefficient (Wildman–Crippen LogP) is 1.09. The molecular weight excluding hydrogens is 176 g/mol. The van der Waals surface area contributed by atoms with E-state index in [1.165, 1.54) is 12.8 Å². The lowest BCUT2D eigenvalue weighted by atomic mass is 9.67. The molecule has 1 saturated carbocycles. The Balaban J connectivity index is 1.87. The third-order valence-corrected chi connectivity index (χ3v) is 3.36. The number of nitrogens with one attached hydrogen (secondary N) is 1. The van der Waals surface area contributed by atoms with E-state index < -0.39 is 0 Å². The van der Waals surface area contributed by atoms with Crippen LogP contribution < -0.4 is 5.32 Å². The number of aromatic nitrogens is 3. The topological polar surface area (TPSA) is 42.7 Å². The average Bonchev–Trinajstić information content (AvgIpc) is 2.50. The van der Waals surface area contributed by atoms with E-state index in [1.54, 1.807) is 0 Å². The molecule has 0 radical (unpaired) electrons. The smallest absolute Gasteiger partial charge is 0.0738 e. The van der Waals surface area contributed by atoms with Crippen molar-refractivity contribution >= 4 is 0 Å². The Morgan fingerprint density at radius 1 is 1.64 bits per heavy atom. The summed E-state index contributed by atoms with van der Waals surface area (Å²) in [5.41, 5.74) is 1.61. The van der Waals surface area contributed by atoms with Gasteiger partial charge in [-0.1, -0.05) is 19.1 Å². The van der Waals surface area contributed by atoms with Gasteiger partial charge in [-0.25, -0.2) is 0 Å². The van der Waals surface area contributed by atoms with Gasteiger partial charge in [0.25, 0.3) is 0 Å². The Morgan fingerprint density at radius 2 is 2.43 bits per heavy atom. The summed E-state index contributed by atoms with van der Waals surface area (Å²) in [5, 5.41) is 11.3. The molecule has 4 nitrogen and oxygen atoms in total. The van der Waals surface area contributed by atoms with Crippen LogP contribution in [0, 0.1) is 5.41 Å². The highest BCUT2D eigenvalue weighted by atomic mass is 15.4. The number of hydrogen-bond donors (Lipinski definition) is 1. The minimum absolute atomic E-state index is 0.464. The third kappa shape index (κ3) is 1.66. The summed E-state index contributed by atoms with van der Waals surface area (Å²) < 4.78 is 1.82. The molecule has 1 N–H and O–H groups in total. The fourth-order valence-electron chi connectivity index (χ4n) is 1.94. The summed E-state index contributed by atoms with van der Waals surface area (Å²) in [5.74, 6) is 0. The Morgan fingerprint density at radius 3 is 2.86 bits per heavy atom. The molecule has 1 fully saturated rings. The van der Waals surface area contributed by atoms with Crippen LogP contribution in [0.5, 0.6) is 0 Å². The van der Waals surface area contributed by atoms with Crippen LogP contribution in [0.25, 0.3) is 0 Å². The van der Waals surface area contributed by atoms with Crippen molar-refractivity contribution in [1.82, 2.24) is 20.3 Å². The van der Waals surface area contributed by atoms with Gasteiger partial charge in [-0.15, -0.1) is 5.10 Å². The van der Waals surface area contributed by atoms with Crippen LogP contribution in [0.3, 0.4) is 0 Å². The van der Waals surface area contributed by atoms with Crippen LogP contribution >= 0.6 is 0 Å². The molecule has 1 aliphatic carbocycles. The lowest BCUT2D eigenvalue weighted by molar-refractivity contribution is 0.107. The fraction of sp³-hybridized carbons (Fsp3) is 0.800. The Labute approximate surface area is 84.7 Å². The average molecular weight is 194 g/mol. The van der Waals surface area contributed by atoms with Crippen molar-refractivity contribution < 1.29 is 0 Å². The predicted molar refractivity (Wildman–Crippen MR) is 54.6 cm³/mol. The molecule has 0 amide bonds. The quantitative estimate of drug-likeness (QED) is 0.783. The molecule has 0 aliphatic heterocycles. The van der Waals surface area contributed by atoms with Gasteiger partial charge in [-0.2, -0.15) is 0 Å². The zero-order valence-corrected chi connectivity index (χ0v) is 9.12. The number of rotatable bonds is 3. The lowest BCUT2D eigenvalue weighted by Gasteiger charge is -2.45. The highest BCUT2D eigenvalue weighted by Gasteiger charge is 2.37. The molecule has 1 aromatic heterocycles. The maximum absolute atomic E-state index is 3.90. The van der Waals surface area contributed by atoms with E-state index in [0.29, 0.717) is 11.5 Å². The van der Waals surface area contributed by atoms with E-state index in [1.807, 2.05) is 17.9 Å². The molecule has 1 heterocycles. The molecule has 1 aliphatic rings. The monoisotopic (exact) mass is 194 g/mol. The lowest BCUT2D eigenvalue weighted by Crippen LogP contribution is -2.49. The van der Waals surface area contributed by atoms with Crippen molar-refractivity contribution in [1.29, 1.82) is 0 Å². The van der Waals surface area contributed by atoms with Crippen LogP contribution in [0.2, 0.25) is 0 Å². The highest BCUT2D eigenvalue weighted by molar-refractivity contribution is 4.98. The van der Waals surface area contributed by atoms with E-state index in [-0.39, 0.29) is 0 Å². The van der Waals surface area contributed by atoms with Gasteiger partial charge in [0.05, 0.1) is 11.9 Å². The van der Waals surface area contributed by atoms with Gasteiger partial charge in [0.15, 0.2) is 0 Å². The molecule has 14 heavy (non-hydrogen) atoms. The van der Waals surface area contributed by atoms with Crippen LogP contribution in [-0.2, 0) is 13.6 Å². The fourth-order valence-corrected chi connectivity index (χ4v) is 1.94. The first kappa shape index (κ1) is 9.65. The number of aryl methyl sites for hydroxylation is 1. The minimum atomic E-state index is 0.464. The molecule has 4 heteroatoms. The molecule has 2 rings (SSSR count). The van der Waals surface area contributed by atoms with Gasteiger partial charge in [-0.05, 0) is 18.3 Å². The summed E-state index contributed by atoms with van der Waals surface area (Å²) in [6.45, 7) is 5.50. The van der Waals surface area contributed by atoms with Gasteiger partial charge in [0.2, 0.25) is 0 Å². The third-order valence-electron chi connectivity index (χ3n) is 3.36. The number of hydrogen-bond acceptors (Lipinski definition) is 3. The van der Waals surface area contributed by atoms with E-state index in [9.17, 15) is 0 Å². The SMILES string of the molecule is Cn1nncc1CNC1CCC1(C)C. The Kier molecular flexibility index (Phi) is 2.31. The molecule has 1 aromatic rings. The number of nitrogens with zero attached hydrogens (tertiary/aromatic N) is 3. The zero-order valence-electron chi connectivity index (χ0n) is 9.12. The van der Waals surface area contributed by atoms with E-state index in [4.69, 9.17) is 0 Å². The summed E-state index contributed by atoms with van der Waals surface area (Å²) >= 11 is 0. The largest absolute Gasteiger partial charge is 0.308 e. The minimum Gasteiger partial charge on any atom is -0.308 e. The van der Waals surface area contributed by atoms with Crippen molar-refractivity contribution in [3.05, 3.63) is 11.9 Å². The van der Waals surface area contributed by atoms with Crippen molar-refractivity contribution in [2.45, 2.75) is 39.3 Å². The van der Waals surface area contributed by atoms with Gasteiger partial charge < -0.3 is 5.32 Å². The second kappa shape index (κ2) is 3.35. The van der Waals surface area contributed by atoms with E-state index in [0.717, 1.165) is 12.2 Å². The first-order chi connectivity index (χ1) is 6.59. The van der Waals surface area contributed by atoms with Gasteiger partial charge >= 0.3 is 0 Å². The Bertz CT molecular complexity index is 316. The maximum Gasteiger partial charge on any atom is 0.0738 e. The standard InChI is InChI=1S/C10H18N4/c1-10(2)5-4-9(10)11-6-8-7-12-13-14(8)3/h7,9,11H,4-6H2,1-3H3. The van der Waals surface area contributed by atoms with Crippen molar-refractivity contribution in [3.8, 4) is 0 Å².